The number of nitrogens with zero attached hydrogens (tertiary/aromatic N) is 1. The summed E-state index contributed by atoms with van der Waals surface area (Å²) in [4.78, 5) is 2.57. The van der Waals surface area contributed by atoms with Crippen LogP contribution in [0, 0.1) is 0 Å². The first-order valence-electron chi connectivity index (χ1n) is 7.23. The van der Waals surface area contributed by atoms with Crippen molar-refractivity contribution in [1.29, 1.82) is 0 Å². The van der Waals surface area contributed by atoms with Gasteiger partial charge in [0.05, 0.1) is 6.61 Å². The second-order valence-electron chi connectivity index (χ2n) is 5.24. The Morgan fingerprint density at radius 2 is 2.11 bits per heavy atom. The minimum absolute atomic E-state index is 0.618. The van der Waals surface area contributed by atoms with E-state index in [1.165, 1.54) is 25.8 Å². The molecule has 0 bridgehead atoms. The van der Waals surface area contributed by atoms with Crippen LogP contribution in [-0.2, 0) is 4.74 Å². The molecule has 1 heterocycles. The van der Waals surface area contributed by atoms with Gasteiger partial charge in [-0.2, -0.15) is 0 Å². The number of benzene rings is 1. The molecule has 0 radical (unpaired) electrons. The van der Waals surface area contributed by atoms with Crippen molar-refractivity contribution in [3.05, 3.63) is 35.9 Å². The van der Waals surface area contributed by atoms with Crippen LogP contribution in [0.15, 0.2) is 30.3 Å². The van der Waals surface area contributed by atoms with Crippen molar-refractivity contribution in [2.75, 3.05) is 19.7 Å². The van der Waals surface area contributed by atoms with E-state index >= 15 is 0 Å². The zero-order valence-corrected chi connectivity index (χ0v) is 12.5. The summed E-state index contributed by atoms with van der Waals surface area (Å²) >= 11 is 5.28. The summed E-state index contributed by atoms with van der Waals surface area (Å²) < 4.78 is 5.66. The van der Waals surface area contributed by atoms with Crippen molar-refractivity contribution in [3.63, 3.8) is 0 Å². The van der Waals surface area contributed by atoms with Gasteiger partial charge in [-0.1, -0.05) is 36.8 Å². The Bertz CT molecular complexity index is 393. The maximum atomic E-state index is 5.66. The lowest BCUT2D eigenvalue weighted by atomic mass is 10.0. The Kier molecular flexibility index (Phi) is 5.80. The first-order chi connectivity index (χ1) is 9.27. The van der Waals surface area contributed by atoms with Crippen LogP contribution in [0.3, 0.4) is 0 Å². The molecule has 0 spiro atoms. The fourth-order valence-electron chi connectivity index (χ4n) is 2.58. The average molecular weight is 277 g/mol. The van der Waals surface area contributed by atoms with E-state index in [0.29, 0.717) is 5.05 Å². The maximum absolute atomic E-state index is 5.66. The first kappa shape index (κ1) is 14.5. The summed E-state index contributed by atoms with van der Waals surface area (Å²) in [7, 11) is 0. The molecule has 1 aliphatic heterocycles. The summed E-state index contributed by atoms with van der Waals surface area (Å²) in [6.07, 6.45) is 5.11. The molecule has 1 unspecified atom stereocenters. The number of piperidine rings is 1. The zero-order chi connectivity index (χ0) is 13.5. The molecule has 0 saturated carbocycles. The van der Waals surface area contributed by atoms with E-state index in [1.54, 1.807) is 0 Å². The van der Waals surface area contributed by atoms with E-state index in [-0.39, 0.29) is 0 Å². The van der Waals surface area contributed by atoms with Gasteiger partial charge in [-0.25, -0.2) is 0 Å². The SMILES string of the molecule is CC1CCCCN1CCCOC(=S)c1ccccc1. The third kappa shape index (κ3) is 4.59. The molecular weight excluding hydrogens is 254 g/mol. The van der Waals surface area contributed by atoms with E-state index in [0.717, 1.165) is 31.2 Å². The number of likely N-dealkylation sites (tertiary alicyclic amines) is 1. The van der Waals surface area contributed by atoms with Gasteiger partial charge in [-0.15, -0.1) is 0 Å². The van der Waals surface area contributed by atoms with Gasteiger partial charge >= 0.3 is 0 Å². The standard InChI is InChI=1S/C16H23NOS/c1-14-8-5-6-11-17(14)12-7-13-18-16(19)15-9-3-2-4-10-15/h2-4,9-10,14H,5-8,11-13H2,1H3. The van der Waals surface area contributed by atoms with Crippen LogP contribution in [0.1, 0.15) is 38.2 Å². The van der Waals surface area contributed by atoms with E-state index < -0.39 is 0 Å². The van der Waals surface area contributed by atoms with E-state index in [4.69, 9.17) is 17.0 Å². The van der Waals surface area contributed by atoms with Crippen LogP contribution in [0.5, 0.6) is 0 Å². The largest absolute Gasteiger partial charge is 0.483 e. The van der Waals surface area contributed by atoms with Gasteiger partial charge in [-0.05, 0) is 44.9 Å². The lowest BCUT2D eigenvalue weighted by Gasteiger charge is -2.33. The lowest BCUT2D eigenvalue weighted by molar-refractivity contribution is 0.148. The molecule has 1 aromatic carbocycles. The highest BCUT2D eigenvalue weighted by molar-refractivity contribution is 7.80. The minimum Gasteiger partial charge on any atom is -0.483 e. The molecule has 1 saturated heterocycles. The topological polar surface area (TPSA) is 12.5 Å². The fraction of sp³-hybridized carbons (Fsp3) is 0.562. The molecule has 0 N–H and O–H groups in total. The Hall–Kier alpha value is -0.930. The number of rotatable bonds is 5. The summed E-state index contributed by atoms with van der Waals surface area (Å²) in [5.74, 6) is 0. The molecule has 1 aliphatic rings. The molecule has 2 rings (SSSR count). The lowest BCUT2D eigenvalue weighted by Crippen LogP contribution is -2.38. The second-order valence-corrected chi connectivity index (χ2v) is 5.61. The van der Waals surface area contributed by atoms with Gasteiger partial charge in [0.15, 0.2) is 5.05 Å². The Labute approximate surface area is 121 Å². The van der Waals surface area contributed by atoms with Crippen molar-refractivity contribution in [1.82, 2.24) is 4.90 Å². The smallest absolute Gasteiger partial charge is 0.191 e. The van der Waals surface area contributed by atoms with E-state index in [2.05, 4.69) is 11.8 Å². The Balaban J connectivity index is 1.65. The highest BCUT2D eigenvalue weighted by atomic mass is 32.1. The molecule has 104 valence electrons. The van der Waals surface area contributed by atoms with Gasteiger partial charge in [-0.3, -0.25) is 0 Å². The zero-order valence-electron chi connectivity index (χ0n) is 11.7. The van der Waals surface area contributed by atoms with Gasteiger partial charge in [0, 0.05) is 18.2 Å². The van der Waals surface area contributed by atoms with Crippen LogP contribution in [-0.4, -0.2) is 35.7 Å². The minimum atomic E-state index is 0.618. The average Bonchev–Trinajstić information content (AvgIpc) is 2.46. The Morgan fingerprint density at radius 1 is 1.32 bits per heavy atom. The molecule has 1 atom stereocenters. The summed E-state index contributed by atoms with van der Waals surface area (Å²) in [6, 6.07) is 10.7. The molecule has 1 aromatic rings. The van der Waals surface area contributed by atoms with E-state index in [1.807, 2.05) is 30.3 Å². The molecule has 0 amide bonds. The maximum Gasteiger partial charge on any atom is 0.191 e. The van der Waals surface area contributed by atoms with Crippen molar-refractivity contribution in [2.24, 2.45) is 0 Å². The molecule has 19 heavy (non-hydrogen) atoms. The number of thiocarbonyl (C=S) groups is 1. The molecular formula is C16H23NOS. The van der Waals surface area contributed by atoms with Gasteiger partial charge in [0.2, 0.25) is 0 Å². The molecule has 2 nitrogen and oxygen atoms in total. The van der Waals surface area contributed by atoms with Crippen molar-refractivity contribution < 1.29 is 4.74 Å². The van der Waals surface area contributed by atoms with Crippen LogP contribution < -0.4 is 0 Å². The van der Waals surface area contributed by atoms with Crippen molar-refractivity contribution in [3.8, 4) is 0 Å². The third-order valence-corrected chi connectivity index (χ3v) is 4.13. The monoisotopic (exact) mass is 277 g/mol. The van der Waals surface area contributed by atoms with E-state index in [9.17, 15) is 0 Å². The van der Waals surface area contributed by atoms with Crippen LogP contribution >= 0.6 is 12.2 Å². The van der Waals surface area contributed by atoms with Gasteiger partial charge < -0.3 is 9.64 Å². The summed E-state index contributed by atoms with van der Waals surface area (Å²) in [5.41, 5.74) is 1.00. The third-order valence-electron chi connectivity index (χ3n) is 3.77. The van der Waals surface area contributed by atoms with Crippen molar-refractivity contribution >= 4 is 17.3 Å². The quantitative estimate of drug-likeness (QED) is 0.602. The van der Waals surface area contributed by atoms with Crippen LogP contribution in [0.4, 0.5) is 0 Å². The van der Waals surface area contributed by atoms with Gasteiger partial charge in [0.1, 0.15) is 0 Å². The number of hydrogen-bond acceptors (Lipinski definition) is 3. The summed E-state index contributed by atoms with van der Waals surface area (Å²) in [6.45, 7) is 5.41. The molecule has 0 aromatic heterocycles. The molecule has 0 aliphatic carbocycles. The molecule has 3 heteroatoms. The predicted octanol–water partition coefficient (Wildman–Crippen LogP) is 3.64. The number of ether oxygens (including phenoxy) is 1. The number of hydrogen-bond donors (Lipinski definition) is 0. The molecule has 1 fully saturated rings. The summed E-state index contributed by atoms with van der Waals surface area (Å²) in [5, 5.41) is 0.618. The van der Waals surface area contributed by atoms with Crippen LogP contribution in [0.25, 0.3) is 0 Å². The normalized spacial score (nSPS) is 20.2. The fourth-order valence-corrected chi connectivity index (χ4v) is 2.80. The van der Waals surface area contributed by atoms with Gasteiger partial charge in [0.25, 0.3) is 0 Å². The predicted molar refractivity (Wildman–Crippen MR) is 83.6 cm³/mol. The van der Waals surface area contributed by atoms with Crippen LogP contribution in [0.2, 0.25) is 0 Å². The highest BCUT2D eigenvalue weighted by Crippen LogP contribution is 2.16. The second kappa shape index (κ2) is 7.61. The first-order valence-corrected chi connectivity index (χ1v) is 7.64. The van der Waals surface area contributed by atoms with Crippen molar-refractivity contribution in [2.45, 2.75) is 38.6 Å². The Morgan fingerprint density at radius 3 is 2.84 bits per heavy atom. The highest BCUT2D eigenvalue weighted by Gasteiger charge is 2.17.